The smallest absolute Gasteiger partial charge is 0.342 e. The van der Waals surface area contributed by atoms with Crippen molar-refractivity contribution in [1.82, 2.24) is 0 Å². The minimum Gasteiger partial charge on any atom is -0.377 e. The molecule has 0 spiro atoms. The molecule has 0 heterocycles. The molecule has 0 N–H and O–H groups in total. The van der Waals surface area contributed by atoms with Crippen molar-refractivity contribution in [3.8, 4) is 5.75 Å². The largest absolute Gasteiger partial charge is 0.377 e. The lowest BCUT2D eigenvalue weighted by Gasteiger charge is -2.09. The molecule has 0 bridgehead atoms. The van der Waals surface area contributed by atoms with Gasteiger partial charge in [-0.2, -0.15) is 8.42 Å². The van der Waals surface area contributed by atoms with Gasteiger partial charge in [0, 0.05) is 0 Å². The third kappa shape index (κ3) is 3.05. The Morgan fingerprint density at radius 3 is 2.53 bits per heavy atom. The van der Waals surface area contributed by atoms with Crippen LogP contribution in [0.3, 0.4) is 0 Å². The molecule has 100 valence electrons. The van der Waals surface area contributed by atoms with Crippen molar-refractivity contribution in [2.45, 2.75) is 11.8 Å². The van der Waals surface area contributed by atoms with Gasteiger partial charge in [0.25, 0.3) is 0 Å². The van der Waals surface area contributed by atoms with E-state index in [-0.39, 0.29) is 10.8 Å². The molecular weight excluding hydrogens is 291 g/mol. The highest BCUT2D eigenvalue weighted by Gasteiger charge is 2.22. The Hall–Kier alpha value is -1.59. The van der Waals surface area contributed by atoms with Crippen molar-refractivity contribution in [2.24, 2.45) is 0 Å². The van der Waals surface area contributed by atoms with E-state index in [2.05, 4.69) is 0 Å². The van der Waals surface area contributed by atoms with Gasteiger partial charge in [-0.05, 0) is 36.8 Å². The van der Waals surface area contributed by atoms with E-state index in [1.165, 1.54) is 24.3 Å². The molecular formula is C13H10ClFO3S. The SMILES string of the molecule is Cc1ccc(Cl)c(OS(=O)(=O)c2ccccc2F)c1. The third-order valence-corrected chi connectivity index (χ3v) is 3.97. The second-order valence-electron chi connectivity index (χ2n) is 3.90. The zero-order chi connectivity index (χ0) is 14.0. The second-order valence-corrected chi connectivity index (χ2v) is 5.82. The zero-order valence-corrected chi connectivity index (χ0v) is 11.5. The van der Waals surface area contributed by atoms with Crippen molar-refractivity contribution in [3.63, 3.8) is 0 Å². The van der Waals surface area contributed by atoms with E-state index in [4.69, 9.17) is 15.8 Å². The molecule has 3 nitrogen and oxygen atoms in total. The molecule has 0 unspecified atom stereocenters. The zero-order valence-electron chi connectivity index (χ0n) is 9.93. The first kappa shape index (κ1) is 13.8. The van der Waals surface area contributed by atoms with Gasteiger partial charge in [-0.25, -0.2) is 4.39 Å². The van der Waals surface area contributed by atoms with E-state index in [9.17, 15) is 12.8 Å². The van der Waals surface area contributed by atoms with Crippen LogP contribution in [0.25, 0.3) is 0 Å². The van der Waals surface area contributed by atoms with Gasteiger partial charge < -0.3 is 4.18 Å². The molecule has 0 amide bonds. The van der Waals surface area contributed by atoms with Crippen LogP contribution in [-0.4, -0.2) is 8.42 Å². The van der Waals surface area contributed by atoms with Gasteiger partial charge in [-0.1, -0.05) is 29.8 Å². The van der Waals surface area contributed by atoms with Crippen LogP contribution in [0.15, 0.2) is 47.4 Å². The average Bonchev–Trinajstić information content (AvgIpc) is 2.34. The van der Waals surface area contributed by atoms with Gasteiger partial charge >= 0.3 is 10.1 Å². The summed E-state index contributed by atoms with van der Waals surface area (Å²) >= 11 is 5.85. The lowest BCUT2D eigenvalue weighted by Crippen LogP contribution is -2.11. The molecule has 0 aliphatic rings. The van der Waals surface area contributed by atoms with Gasteiger partial charge in [0.05, 0.1) is 5.02 Å². The molecule has 6 heteroatoms. The number of halogens is 2. The molecule has 0 saturated carbocycles. The monoisotopic (exact) mass is 300 g/mol. The number of rotatable bonds is 3. The Kier molecular flexibility index (Phi) is 3.78. The third-order valence-electron chi connectivity index (χ3n) is 2.39. The van der Waals surface area contributed by atoms with Crippen LogP contribution >= 0.6 is 11.6 Å². The summed E-state index contributed by atoms with van der Waals surface area (Å²) in [6.45, 7) is 1.76. The fourth-order valence-corrected chi connectivity index (χ4v) is 2.70. The lowest BCUT2D eigenvalue weighted by molar-refractivity contribution is 0.476. The van der Waals surface area contributed by atoms with Crippen molar-refractivity contribution >= 4 is 21.7 Å². The van der Waals surface area contributed by atoms with E-state index >= 15 is 0 Å². The summed E-state index contributed by atoms with van der Waals surface area (Å²) in [4.78, 5) is -0.521. The molecule has 0 atom stereocenters. The van der Waals surface area contributed by atoms with Gasteiger partial charge in [0.15, 0.2) is 5.75 Å². The Balaban J connectivity index is 2.43. The van der Waals surface area contributed by atoms with E-state index in [0.717, 1.165) is 17.7 Å². The number of benzene rings is 2. The predicted octanol–water partition coefficient (Wildman–Crippen LogP) is 3.56. The maximum Gasteiger partial charge on any atom is 0.342 e. The van der Waals surface area contributed by atoms with Crippen LogP contribution in [0.1, 0.15) is 5.56 Å². The van der Waals surface area contributed by atoms with Crippen LogP contribution in [-0.2, 0) is 10.1 Å². The molecule has 0 aromatic heterocycles. The summed E-state index contributed by atoms with van der Waals surface area (Å²) < 4.78 is 42.3. The highest BCUT2D eigenvalue weighted by atomic mass is 35.5. The molecule has 0 fully saturated rings. The minimum absolute atomic E-state index is 0.0232. The predicted molar refractivity (Wildman–Crippen MR) is 70.4 cm³/mol. The molecule has 2 rings (SSSR count). The Bertz CT molecular complexity index is 714. The highest BCUT2D eigenvalue weighted by Crippen LogP contribution is 2.28. The summed E-state index contributed by atoms with van der Waals surface area (Å²) in [5, 5.41) is 0.144. The number of hydrogen-bond acceptors (Lipinski definition) is 3. The topological polar surface area (TPSA) is 43.4 Å². The second kappa shape index (κ2) is 5.19. The van der Waals surface area contributed by atoms with Crippen molar-refractivity contribution in [3.05, 3.63) is 58.9 Å². The average molecular weight is 301 g/mol. The van der Waals surface area contributed by atoms with Crippen LogP contribution in [0, 0.1) is 12.7 Å². The maximum absolute atomic E-state index is 13.5. The molecule has 0 radical (unpaired) electrons. The molecule has 0 aliphatic carbocycles. The van der Waals surface area contributed by atoms with E-state index < -0.39 is 20.8 Å². The quantitative estimate of drug-likeness (QED) is 0.814. The lowest BCUT2D eigenvalue weighted by atomic mass is 10.2. The first-order chi connectivity index (χ1) is 8.90. The van der Waals surface area contributed by atoms with Gasteiger partial charge in [-0.15, -0.1) is 0 Å². The van der Waals surface area contributed by atoms with Crippen molar-refractivity contribution < 1.29 is 17.0 Å². The fourth-order valence-electron chi connectivity index (χ4n) is 1.49. The Morgan fingerprint density at radius 1 is 1.16 bits per heavy atom. The van der Waals surface area contributed by atoms with Crippen molar-refractivity contribution in [2.75, 3.05) is 0 Å². The summed E-state index contributed by atoms with van der Waals surface area (Å²) in [6, 6.07) is 9.70. The van der Waals surface area contributed by atoms with E-state index in [0.29, 0.717) is 0 Å². The first-order valence-corrected chi connectivity index (χ1v) is 7.14. The normalized spacial score (nSPS) is 11.3. The standard InChI is InChI=1S/C13H10ClFO3S/c1-9-6-7-10(14)12(8-9)18-19(16,17)13-5-3-2-4-11(13)15/h2-8H,1H3. The Morgan fingerprint density at radius 2 is 1.84 bits per heavy atom. The van der Waals surface area contributed by atoms with E-state index in [1.807, 2.05) is 0 Å². The molecule has 19 heavy (non-hydrogen) atoms. The van der Waals surface area contributed by atoms with Gasteiger partial charge in [-0.3, -0.25) is 0 Å². The summed E-state index contributed by atoms with van der Waals surface area (Å²) in [5.41, 5.74) is 0.781. The van der Waals surface area contributed by atoms with E-state index in [1.54, 1.807) is 13.0 Å². The molecule has 0 saturated heterocycles. The van der Waals surface area contributed by atoms with Crippen molar-refractivity contribution in [1.29, 1.82) is 0 Å². The molecule has 2 aromatic rings. The Labute approximate surface area is 115 Å². The minimum atomic E-state index is -4.24. The summed E-state index contributed by atoms with van der Waals surface area (Å²) in [5.74, 6) is -0.892. The molecule has 0 aliphatic heterocycles. The maximum atomic E-state index is 13.5. The van der Waals surface area contributed by atoms with Crippen LogP contribution in [0.5, 0.6) is 5.75 Å². The number of hydrogen-bond donors (Lipinski definition) is 0. The van der Waals surface area contributed by atoms with Crippen LogP contribution < -0.4 is 4.18 Å². The highest BCUT2D eigenvalue weighted by molar-refractivity contribution is 7.87. The summed E-state index contributed by atoms with van der Waals surface area (Å²) in [7, 11) is -4.24. The van der Waals surface area contributed by atoms with Gasteiger partial charge in [0.1, 0.15) is 10.7 Å². The number of aryl methyl sites for hydroxylation is 1. The molecule has 2 aromatic carbocycles. The fraction of sp³-hybridized carbons (Fsp3) is 0.0769. The van der Waals surface area contributed by atoms with Crippen LogP contribution in [0.2, 0.25) is 5.02 Å². The summed E-state index contributed by atoms with van der Waals surface area (Å²) in [6.07, 6.45) is 0. The first-order valence-electron chi connectivity index (χ1n) is 5.35. The van der Waals surface area contributed by atoms with Gasteiger partial charge in [0.2, 0.25) is 0 Å². The van der Waals surface area contributed by atoms with Crippen LogP contribution in [0.4, 0.5) is 4.39 Å².